The lowest BCUT2D eigenvalue weighted by Crippen LogP contribution is -2.38. The number of benzene rings is 1. The van der Waals surface area contributed by atoms with Crippen molar-refractivity contribution in [2.75, 3.05) is 13.1 Å². The van der Waals surface area contributed by atoms with Crippen LogP contribution in [0.2, 0.25) is 0 Å². The number of nitrogens with one attached hydrogen (secondary N) is 1. The molecule has 0 saturated carbocycles. The second-order valence-electron chi connectivity index (χ2n) is 7.53. The number of amides is 1. The van der Waals surface area contributed by atoms with E-state index in [1.807, 2.05) is 35.2 Å². The number of likely N-dealkylation sites (tertiary alicyclic amines) is 1. The molecule has 0 aliphatic carbocycles. The highest BCUT2D eigenvalue weighted by molar-refractivity contribution is 5.93. The van der Waals surface area contributed by atoms with E-state index in [1.165, 1.54) is 0 Å². The minimum Gasteiger partial charge on any atom is -0.342 e. The molecule has 7 heteroatoms. The predicted molar refractivity (Wildman–Crippen MR) is 110 cm³/mol. The third kappa shape index (κ3) is 3.63. The van der Waals surface area contributed by atoms with Crippen LogP contribution in [-0.2, 0) is 6.42 Å². The van der Waals surface area contributed by atoms with Crippen molar-refractivity contribution >= 4 is 16.9 Å². The quantitative estimate of drug-likeness (QED) is 0.584. The summed E-state index contributed by atoms with van der Waals surface area (Å²) in [6.45, 7) is 1.53. The molecule has 1 N–H and O–H groups in total. The number of para-hydroxylation sites is 2. The van der Waals surface area contributed by atoms with Crippen molar-refractivity contribution in [1.29, 1.82) is 0 Å². The monoisotopic (exact) mass is 386 g/mol. The smallest absolute Gasteiger partial charge is 0.257 e. The summed E-state index contributed by atoms with van der Waals surface area (Å²) in [5.74, 6) is 1.62. The van der Waals surface area contributed by atoms with E-state index in [0.717, 1.165) is 54.9 Å². The van der Waals surface area contributed by atoms with Gasteiger partial charge in [-0.25, -0.2) is 9.67 Å². The Hall–Kier alpha value is -3.48. The molecule has 0 atom stereocenters. The van der Waals surface area contributed by atoms with Crippen LogP contribution in [0, 0.1) is 5.92 Å². The number of H-pyrrole nitrogens is 1. The van der Waals surface area contributed by atoms with Crippen LogP contribution in [0.5, 0.6) is 0 Å². The maximum absolute atomic E-state index is 12.9. The van der Waals surface area contributed by atoms with Crippen molar-refractivity contribution < 1.29 is 4.79 Å². The van der Waals surface area contributed by atoms with Crippen LogP contribution < -0.4 is 0 Å². The summed E-state index contributed by atoms with van der Waals surface area (Å²) in [5, 5.41) is 4.31. The molecule has 0 spiro atoms. The van der Waals surface area contributed by atoms with Crippen LogP contribution in [0.3, 0.4) is 0 Å². The lowest BCUT2D eigenvalue weighted by atomic mass is 9.93. The van der Waals surface area contributed by atoms with E-state index < -0.39 is 0 Å². The first-order valence-corrected chi connectivity index (χ1v) is 9.94. The molecule has 5 rings (SSSR count). The van der Waals surface area contributed by atoms with Crippen LogP contribution in [-0.4, -0.2) is 48.6 Å². The van der Waals surface area contributed by atoms with Gasteiger partial charge in [-0.05, 0) is 43.0 Å². The molecule has 1 aromatic carbocycles. The Morgan fingerprint density at radius 2 is 1.97 bits per heavy atom. The van der Waals surface area contributed by atoms with Gasteiger partial charge in [0, 0.05) is 31.9 Å². The van der Waals surface area contributed by atoms with Gasteiger partial charge in [0.25, 0.3) is 5.91 Å². The Kier molecular flexibility index (Phi) is 4.56. The minimum atomic E-state index is 0.0438. The predicted octanol–water partition coefficient (Wildman–Crippen LogP) is 3.24. The van der Waals surface area contributed by atoms with Gasteiger partial charge in [-0.2, -0.15) is 5.10 Å². The van der Waals surface area contributed by atoms with Gasteiger partial charge >= 0.3 is 0 Å². The van der Waals surface area contributed by atoms with E-state index in [0.29, 0.717) is 11.5 Å². The SMILES string of the molecule is O=C(c1cnn(-c2cccnc2)c1)N1CCC(Cc2nc3ccccc3[nH]2)CC1. The first-order valence-electron chi connectivity index (χ1n) is 9.94. The number of imidazole rings is 1. The Balaban J connectivity index is 1.20. The third-order valence-electron chi connectivity index (χ3n) is 5.56. The van der Waals surface area contributed by atoms with Crippen molar-refractivity contribution in [3.05, 3.63) is 72.6 Å². The molecule has 0 bridgehead atoms. The van der Waals surface area contributed by atoms with Crippen LogP contribution in [0.4, 0.5) is 0 Å². The fraction of sp³-hybridized carbons (Fsp3) is 0.273. The lowest BCUT2D eigenvalue weighted by Gasteiger charge is -2.31. The molecule has 146 valence electrons. The van der Waals surface area contributed by atoms with Crippen LogP contribution in [0.25, 0.3) is 16.7 Å². The van der Waals surface area contributed by atoms with Crippen molar-refractivity contribution in [2.45, 2.75) is 19.3 Å². The summed E-state index contributed by atoms with van der Waals surface area (Å²) < 4.78 is 1.69. The number of pyridine rings is 1. The molecule has 1 amide bonds. The summed E-state index contributed by atoms with van der Waals surface area (Å²) in [7, 11) is 0. The zero-order valence-corrected chi connectivity index (χ0v) is 16.0. The topological polar surface area (TPSA) is 79.7 Å². The van der Waals surface area contributed by atoms with E-state index in [1.54, 1.807) is 29.5 Å². The van der Waals surface area contributed by atoms with Gasteiger partial charge in [-0.1, -0.05) is 12.1 Å². The highest BCUT2D eigenvalue weighted by Gasteiger charge is 2.25. The van der Waals surface area contributed by atoms with Crippen LogP contribution in [0.1, 0.15) is 29.0 Å². The molecule has 1 fully saturated rings. The molecule has 7 nitrogen and oxygen atoms in total. The van der Waals surface area contributed by atoms with Crippen molar-refractivity contribution in [3.63, 3.8) is 0 Å². The number of carbonyl (C=O) groups excluding carboxylic acids is 1. The maximum Gasteiger partial charge on any atom is 0.257 e. The van der Waals surface area contributed by atoms with Gasteiger partial charge in [0.05, 0.1) is 34.7 Å². The summed E-state index contributed by atoms with van der Waals surface area (Å²) in [5.41, 5.74) is 3.56. The normalized spacial score (nSPS) is 15.1. The molecular formula is C22H22N6O. The molecule has 4 heterocycles. The Labute approximate surface area is 168 Å². The number of nitrogens with zero attached hydrogens (tertiary/aromatic N) is 5. The average Bonchev–Trinajstić information content (AvgIpc) is 3.41. The minimum absolute atomic E-state index is 0.0438. The fourth-order valence-corrected chi connectivity index (χ4v) is 3.96. The highest BCUT2D eigenvalue weighted by Crippen LogP contribution is 2.23. The lowest BCUT2D eigenvalue weighted by molar-refractivity contribution is 0.0690. The molecule has 3 aromatic heterocycles. The number of aromatic nitrogens is 5. The number of carbonyl (C=O) groups is 1. The standard InChI is InChI=1S/C22H22N6O/c29-22(17-13-24-28(15-17)18-4-3-9-23-14-18)27-10-7-16(8-11-27)12-21-25-19-5-1-2-6-20(19)26-21/h1-6,9,13-16H,7-8,10-12H2,(H,25,26). The van der Waals surface area contributed by atoms with Crippen LogP contribution in [0.15, 0.2) is 61.2 Å². The first kappa shape index (κ1) is 17.6. The van der Waals surface area contributed by atoms with E-state index in [9.17, 15) is 4.79 Å². The summed E-state index contributed by atoms with van der Waals surface area (Å²) in [4.78, 5) is 27.0. The van der Waals surface area contributed by atoms with Crippen molar-refractivity contribution in [3.8, 4) is 5.69 Å². The second kappa shape index (κ2) is 7.50. The highest BCUT2D eigenvalue weighted by atomic mass is 16.2. The van der Waals surface area contributed by atoms with Gasteiger partial charge in [0.1, 0.15) is 5.82 Å². The summed E-state index contributed by atoms with van der Waals surface area (Å²) in [6, 6.07) is 11.9. The molecule has 1 aliphatic rings. The zero-order chi connectivity index (χ0) is 19.6. The van der Waals surface area contributed by atoms with E-state index >= 15 is 0 Å². The first-order chi connectivity index (χ1) is 14.3. The number of hydrogen-bond donors (Lipinski definition) is 1. The van der Waals surface area contributed by atoms with Gasteiger partial charge in [-0.3, -0.25) is 9.78 Å². The van der Waals surface area contributed by atoms with E-state index in [2.05, 4.69) is 26.1 Å². The molecular weight excluding hydrogens is 364 g/mol. The molecule has 0 radical (unpaired) electrons. The van der Waals surface area contributed by atoms with Gasteiger partial charge in [0.2, 0.25) is 0 Å². The summed E-state index contributed by atoms with van der Waals surface area (Å²) in [6.07, 6.45) is 9.75. The third-order valence-corrected chi connectivity index (χ3v) is 5.56. The van der Waals surface area contributed by atoms with Crippen molar-refractivity contribution in [1.82, 2.24) is 29.6 Å². The van der Waals surface area contributed by atoms with Gasteiger partial charge in [0.15, 0.2) is 0 Å². The second-order valence-corrected chi connectivity index (χ2v) is 7.53. The van der Waals surface area contributed by atoms with Gasteiger partial charge < -0.3 is 9.88 Å². The number of piperidine rings is 1. The number of aromatic amines is 1. The molecule has 4 aromatic rings. The van der Waals surface area contributed by atoms with Crippen molar-refractivity contribution in [2.24, 2.45) is 5.92 Å². The van der Waals surface area contributed by atoms with Gasteiger partial charge in [-0.15, -0.1) is 0 Å². The Morgan fingerprint density at radius 3 is 2.76 bits per heavy atom. The maximum atomic E-state index is 12.9. The average molecular weight is 386 g/mol. The molecule has 1 aliphatic heterocycles. The summed E-state index contributed by atoms with van der Waals surface area (Å²) >= 11 is 0. The number of hydrogen-bond acceptors (Lipinski definition) is 4. The fourth-order valence-electron chi connectivity index (χ4n) is 3.96. The van der Waals surface area contributed by atoms with Crippen LogP contribution >= 0.6 is 0 Å². The Morgan fingerprint density at radius 1 is 1.10 bits per heavy atom. The molecule has 0 unspecified atom stereocenters. The Bertz CT molecular complexity index is 1090. The largest absolute Gasteiger partial charge is 0.342 e. The number of rotatable bonds is 4. The zero-order valence-electron chi connectivity index (χ0n) is 16.0. The number of fused-ring (bicyclic) bond motifs is 1. The van der Waals surface area contributed by atoms with E-state index in [-0.39, 0.29) is 5.91 Å². The molecule has 29 heavy (non-hydrogen) atoms. The van der Waals surface area contributed by atoms with E-state index in [4.69, 9.17) is 0 Å². The molecule has 1 saturated heterocycles.